The molecule has 1 aliphatic heterocycles. The van der Waals surface area contributed by atoms with Gasteiger partial charge in [-0.15, -0.1) is 0 Å². The van der Waals surface area contributed by atoms with Gasteiger partial charge in [0.25, 0.3) is 11.5 Å². The molecule has 4 aromatic rings. The molecule has 2 aliphatic rings. The van der Waals surface area contributed by atoms with Gasteiger partial charge in [0, 0.05) is 43.5 Å². The Morgan fingerprint density at radius 2 is 1.93 bits per heavy atom. The smallest absolute Gasteiger partial charge is 0.285 e. The zero-order valence-electron chi connectivity index (χ0n) is 24.3. The van der Waals surface area contributed by atoms with Gasteiger partial charge in [0.2, 0.25) is 16.0 Å². The highest BCUT2D eigenvalue weighted by molar-refractivity contribution is 7.89. The van der Waals surface area contributed by atoms with Gasteiger partial charge in [0.05, 0.1) is 40.3 Å². The van der Waals surface area contributed by atoms with Crippen molar-refractivity contribution in [2.24, 2.45) is 13.0 Å². The van der Waals surface area contributed by atoms with E-state index in [-0.39, 0.29) is 27.5 Å². The van der Waals surface area contributed by atoms with Crippen LogP contribution in [-0.4, -0.2) is 58.2 Å². The minimum absolute atomic E-state index is 0.0331. The monoisotopic (exact) mass is 622 g/mol. The molecule has 1 amide bonds. The number of hydrogen-bond donors (Lipinski definition) is 2. The van der Waals surface area contributed by atoms with E-state index in [0.29, 0.717) is 29.3 Å². The fourth-order valence-electron chi connectivity index (χ4n) is 6.09. The Balaban J connectivity index is 1.37. The predicted octanol–water partition coefficient (Wildman–Crippen LogP) is 3.03. The van der Waals surface area contributed by atoms with Crippen LogP contribution < -0.4 is 20.5 Å². The summed E-state index contributed by atoms with van der Waals surface area (Å²) in [5.41, 5.74) is 3.83. The van der Waals surface area contributed by atoms with E-state index in [1.165, 1.54) is 6.07 Å². The first kappa shape index (κ1) is 29.0. The summed E-state index contributed by atoms with van der Waals surface area (Å²) >= 11 is 6.04. The third-order valence-electron chi connectivity index (χ3n) is 8.24. The molecule has 2 N–H and O–H groups in total. The second-order valence-electron chi connectivity index (χ2n) is 11.6. The summed E-state index contributed by atoms with van der Waals surface area (Å²) in [4.78, 5) is 46.8. The van der Waals surface area contributed by atoms with Gasteiger partial charge in [-0.3, -0.25) is 24.1 Å². The Hall–Kier alpha value is -4.10. The van der Waals surface area contributed by atoms with E-state index in [1.807, 2.05) is 43.8 Å². The highest BCUT2D eigenvalue weighted by Gasteiger charge is 2.62. The van der Waals surface area contributed by atoms with Crippen LogP contribution in [0.25, 0.3) is 10.9 Å². The molecular formula is C29H31ClN8O4S. The molecule has 1 saturated carbocycles. The van der Waals surface area contributed by atoms with E-state index in [9.17, 15) is 18.0 Å². The first-order chi connectivity index (χ1) is 20.3. The van der Waals surface area contributed by atoms with Crippen LogP contribution in [0.1, 0.15) is 52.4 Å². The molecule has 43 heavy (non-hydrogen) atoms. The Morgan fingerprint density at radius 1 is 1.16 bits per heavy atom. The van der Waals surface area contributed by atoms with Gasteiger partial charge in [-0.1, -0.05) is 17.7 Å². The number of halogens is 1. The molecule has 1 aromatic carbocycles. The average molecular weight is 623 g/mol. The molecule has 0 unspecified atom stereocenters. The molecule has 0 radical (unpaired) electrons. The van der Waals surface area contributed by atoms with Crippen molar-refractivity contribution in [3.05, 3.63) is 80.4 Å². The third-order valence-corrected chi connectivity index (χ3v) is 9.01. The van der Waals surface area contributed by atoms with Gasteiger partial charge in [-0.25, -0.2) is 23.1 Å². The minimum atomic E-state index is -3.83. The molecule has 3 aromatic heterocycles. The van der Waals surface area contributed by atoms with Crippen LogP contribution in [0.4, 0.5) is 11.6 Å². The van der Waals surface area contributed by atoms with E-state index in [0.717, 1.165) is 41.7 Å². The molecule has 4 heterocycles. The Bertz CT molecular complexity index is 1960. The number of piperidine rings is 1. The van der Waals surface area contributed by atoms with Crippen LogP contribution in [0.5, 0.6) is 0 Å². The number of aromatic nitrogens is 5. The fourth-order valence-corrected chi connectivity index (χ4v) is 6.67. The van der Waals surface area contributed by atoms with Crippen molar-refractivity contribution in [3.8, 4) is 0 Å². The highest BCUT2D eigenvalue weighted by atomic mass is 35.5. The molecule has 0 spiro atoms. The number of nitrogens with zero attached hydrogens (tertiary/aromatic N) is 6. The number of fused-ring (bicyclic) bond motifs is 2. The number of hydrogen-bond acceptors (Lipinski definition) is 10. The van der Waals surface area contributed by atoms with Crippen LogP contribution in [0.3, 0.4) is 0 Å². The third kappa shape index (κ3) is 5.31. The number of anilines is 2. The summed E-state index contributed by atoms with van der Waals surface area (Å²) in [7, 11) is -2.09. The summed E-state index contributed by atoms with van der Waals surface area (Å²) < 4.78 is 27.0. The Kier molecular flexibility index (Phi) is 6.92. The van der Waals surface area contributed by atoms with Crippen molar-refractivity contribution < 1.29 is 13.2 Å². The van der Waals surface area contributed by atoms with Crippen molar-refractivity contribution in [2.45, 2.75) is 38.6 Å². The van der Waals surface area contributed by atoms with Gasteiger partial charge in [-0.2, -0.15) is 0 Å². The lowest BCUT2D eigenvalue weighted by Gasteiger charge is -2.25. The first-order valence-corrected chi connectivity index (χ1v) is 16.0. The standard InChI is InChI=1S/C29H31ClN8O4S/c1-15-8-19(17(3)33-21-6-7-23(30)34-25(21)26(39)36-43(5,41)42)24-20(9-15)27(40)37(4)28(35-24)38-13-18-10-29(18,14-38)22-12-31-16(2)11-32-22/h6-9,11-12,17-18,33H,10,13-14H2,1-5H3,(H,36,39)/t17-,18+,29+/m1/s1. The van der Waals surface area contributed by atoms with Gasteiger partial charge >= 0.3 is 0 Å². The molecule has 6 rings (SSSR count). The maximum Gasteiger partial charge on any atom is 0.285 e. The Labute approximate surface area is 253 Å². The summed E-state index contributed by atoms with van der Waals surface area (Å²) in [5.74, 6) is 0.0646. The number of aryl methyl sites for hydroxylation is 2. The van der Waals surface area contributed by atoms with Crippen molar-refractivity contribution in [1.82, 2.24) is 29.2 Å². The number of rotatable bonds is 7. The van der Waals surface area contributed by atoms with E-state index in [2.05, 4.69) is 25.2 Å². The maximum atomic E-state index is 13.7. The summed E-state index contributed by atoms with van der Waals surface area (Å²) in [6.07, 6.45) is 5.56. The lowest BCUT2D eigenvalue weighted by Crippen LogP contribution is -2.33. The molecular weight excluding hydrogens is 592 g/mol. The van der Waals surface area contributed by atoms with E-state index in [4.69, 9.17) is 16.6 Å². The number of carbonyl (C=O) groups excluding carboxylic acids is 1. The Morgan fingerprint density at radius 3 is 2.63 bits per heavy atom. The molecule has 14 heteroatoms. The second kappa shape index (κ2) is 10.3. The van der Waals surface area contributed by atoms with Crippen LogP contribution in [0.15, 0.2) is 41.5 Å². The molecule has 1 saturated heterocycles. The van der Waals surface area contributed by atoms with Crippen molar-refractivity contribution in [1.29, 1.82) is 0 Å². The van der Waals surface area contributed by atoms with Crippen LogP contribution in [0, 0.1) is 19.8 Å². The summed E-state index contributed by atoms with van der Waals surface area (Å²) in [6, 6.07) is 6.37. The van der Waals surface area contributed by atoms with Crippen molar-refractivity contribution in [3.63, 3.8) is 0 Å². The molecule has 1 aliphatic carbocycles. The predicted molar refractivity (Wildman–Crippen MR) is 164 cm³/mol. The molecule has 224 valence electrons. The summed E-state index contributed by atoms with van der Waals surface area (Å²) in [6.45, 7) is 7.13. The minimum Gasteiger partial charge on any atom is -0.377 e. The number of amides is 1. The van der Waals surface area contributed by atoms with E-state index >= 15 is 0 Å². The van der Waals surface area contributed by atoms with Gasteiger partial charge in [0.1, 0.15) is 5.15 Å². The number of sulfonamides is 1. The molecule has 12 nitrogen and oxygen atoms in total. The number of nitrogens with one attached hydrogen (secondary N) is 2. The largest absolute Gasteiger partial charge is 0.377 e. The highest BCUT2D eigenvalue weighted by Crippen LogP contribution is 2.58. The van der Waals surface area contributed by atoms with Crippen molar-refractivity contribution >= 4 is 50.1 Å². The number of carbonyl (C=O) groups is 1. The quantitative estimate of drug-likeness (QED) is 0.294. The molecule has 3 atom stereocenters. The van der Waals surface area contributed by atoms with E-state index in [1.54, 1.807) is 23.9 Å². The fraction of sp³-hybridized carbons (Fsp3) is 0.379. The van der Waals surface area contributed by atoms with Gasteiger partial charge < -0.3 is 10.2 Å². The van der Waals surface area contributed by atoms with E-state index < -0.39 is 22.0 Å². The van der Waals surface area contributed by atoms with Gasteiger partial charge in [0.15, 0.2) is 5.69 Å². The maximum absolute atomic E-state index is 13.7. The van der Waals surface area contributed by atoms with Crippen molar-refractivity contribution in [2.75, 3.05) is 29.6 Å². The number of benzene rings is 1. The van der Waals surface area contributed by atoms with Crippen LogP contribution >= 0.6 is 11.6 Å². The zero-order chi connectivity index (χ0) is 30.8. The topological polar surface area (TPSA) is 152 Å². The number of pyridine rings is 1. The second-order valence-corrected chi connectivity index (χ2v) is 13.7. The van der Waals surface area contributed by atoms with Gasteiger partial charge in [-0.05, 0) is 56.9 Å². The molecule has 2 fully saturated rings. The normalized spacial score (nSPS) is 20.1. The molecule has 0 bridgehead atoms. The van der Waals surface area contributed by atoms with Crippen LogP contribution in [0.2, 0.25) is 5.15 Å². The lowest BCUT2D eigenvalue weighted by atomic mass is 10.0. The van der Waals surface area contributed by atoms with Crippen LogP contribution in [-0.2, 0) is 22.5 Å². The SMILES string of the molecule is Cc1cc([C@@H](C)Nc2ccc(Cl)nc2C(=O)NS(C)(=O)=O)c2nc(N3C[C@@H]4C[C@]4(c4cnc(C)cn4)C3)n(C)c(=O)c2c1. The lowest BCUT2D eigenvalue weighted by molar-refractivity contribution is 0.0977. The first-order valence-electron chi connectivity index (χ1n) is 13.8. The summed E-state index contributed by atoms with van der Waals surface area (Å²) in [5, 5.41) is 3.76. The zero-order valence-corrected chi connectivity index (χ0v) is 25.9. The average Bonchev–Trinajstić information content (AvgIpc) is 3.51.